The van der Waals surface area contributed by atoms with Crippen molar-refractivity contribution >= 4 is 16.1 Å². The highest BCUT2D eigenvalue weighted by Gasteiger charge is 2.68. The number of ether oxygens (including phenoxy) is 1. The quantitative estimate of drug-likeness (QED) is 0.225. The summed E-state index contributed by atoms with van der Waals surface area (Å²) in [5.41, 5.74) is 0.0987. The molecule has 1 aliphatic rings. The summed E-state index contributed by atoms with van der Waals surface area (Å²) in [6, 6.07) is 8.40. The molecule has 1 heterocycles. The fraction of sp³-hybridized carbons (Fsp3) is 0.310. The van der Waals surface area contributed by atoms with Crippen LogP contribution in [0.25, 0.3) is 5.83 Å². The molecule has 42 heavy (non-hydrogen) atoms. The van der Waals surface area contributed by atoms with E-state index in [9.17, 15) is 45.8 Å². The van der Waals surface area contributed by atoms with Crippen molar-refractivity contribution < 1.29 is 50.5 Å². The Kier molecular flexibility index (Phi) is 8.26. The normalized spacial score (nSPS) is 20.1. The second-order valence-corrected chi connectivity index (χ2v) is 12.5. The van der Waals surface area contributed by atoms with E-state index in [4.69, 9.17) is 4.74 Å². The molecular formula is C29H25F11OS. The van der Waals surface area contributed by atoms with Crippen molar-refractivity contribution in [3.05, 3.63) is 105 Å². The van der Waals surface area contributed by atoms with Gasteiger partial charge in [0.2, 0.25) is 0 Å². The van der Waals surface area contributed by atoms with Crippen LogP contribution in [0.4, 0.5) is 45.8 Å². The predicted octanol–water partition coefficient (Wildman–Crippen LogP) is 11.3. The van der Waals surface area contributed by atoms with Crippen LogP contribution in [0.1, 0.15) is 66.0 Å². The standard InChI is InChI=1S/C29H25F11OS/c1-2-22(30)28(35)18-6-4-17(5-7-18)19-8-10-27(41-15-19)20-13-23(31)21(24(32)14-20)9-3-16-11-25(33)29(26(34)12-16)42(36,37,38,39)40/h4-7,11-14,19,27H,2-3,8-10,15H2,1H3/b28-22+. The predicted molar refractivity (Wildman–Crippen MR) is 138 cm³/mol. The van der Waals surface area contributed by atoms with Gasteiger partial charge in [-0.3, -0.25) is 0 Å². The number of aryl methyl sites for hydroxylation is 1. The topological polar surface area (TPSA) is 9.23 Å². The summed E-state index contributed by atoms with van der Waals surface area (Å²) in [7, 11) is -10.6. The molecule has 0 spiro atoms. The summed E-state index contributed by atoms with van der Waals surface area (Å²) in [5.74, 6) is -8.96. The van der Waals surface area contributed by atoms with Crippen LogP contribution in [0, 0.1) is 23.3 Å². The Hall–Kier alpha value is -3.06. The van der Waals surface area contributed by atoms with Crippen molar-refractivity contribution in [2.24, 2.45) is 0 Å². The molecule has 0 bridgehead atoms. The van der Waals surface area contributed by atoms with Gasteiger partial charge in [0, 0.05) is 17.0 Å². The Morgan fingerprint density at radius 1 is 0.762 bits per heavy atom. The smallest absolute Gasteiger partial charge is 0.315 e. The van der Waals surface area contributed by atoms with Gasteiger partial charge in [0.15, 0.2) is 10.7 Å². The molecule has 2 unspecified atom stereocenters. The van der Waals surface area contributed by atoms with Gasteiger partial charge in [0.1, 0.15) is 29.1 Å². The molecule has 0 saturated carbocycles. The molecule has 230 valence electrons. The number of hydrogen-bond acceptors (Lipinski definition) is 1. The molecule has 0 aromatic heterocycles. The second-order valence-electron chi connectivity index (χ2n) is 10.1. The van der Waals surface area contributed by atoms with Gasteiger partial charge in [0.05, 0.1) is 12.7 Å². The first-order chi connectivity index (χ1) is 19.4. The van der Waals surface area contributed by atoms with Crippen molar-refractivity contribution in [1.29, 1.82) is 0 Å². The van der Waals surface area contributed by atoms with Gasteiger partial charge in [-0.2, -0.15) is 0 Å². The molecule has 1 aliphatic heterocycles. The molecule has 4 rings (SSSR count). The molecule has 1 saturated heterocycles. The Morgan fingerprint density at radius 2 is 1.33 bits per heavy atom. The van der Waals surface area contributed by atoms with E-state index in [1.165, 1.54) is 19.1 Å². The zero-order chi connectivity index (χ0) is 31.1. The van der Waals surface area contributed by atoms with Gasteiger partial charge in [-0.05, 0) is 73.1 Å². The molecule has 0 radical (unpaired) electrons. The maximum atomic E-state index is 14.8. The van der Waals surface area contributed by atoms with Crippen LogP contribution in [-0.4, -0.2) is 6.61 Å². The van der Waals surface area contributed by atoms with Gasteiger partial charge in [-0.15, -0.1) is 0 Å². The maximum absolute atomic E-state index is 14.8. The van der Waals surface area contributed by atoms with E-state index >= 15 is 0 Å². The summed E-state index contributed by atoms with van der Waals surface area (Å²) < 4.78 is 155. The van der Waals surface area contributed by atoms with Gasteiger partial charge in [-0.1, -0.05) is 50.6 Å². The zero-order valence-corrected chi connectivity index (χ0v) is 22.8. The molecule has 0 amide bonds. The van der Waals surface area contributed by atoms with Crippen LogP contribution in [0.5, 0.6) is 0 Å². The number of halogens is 11. The minimum atomic E-state index is -10.6. The lowest BCUT2D eigenvalue weighted by atomic mass is 9.88. The average Bonchev–Trinajstić information content (AvgIpc) is 2.90. The third kappa shape index (κ3) is 7.11. The van der Waals surface area contributed by atoms with E-state index in [1.807, 2.05) is 0 Å². The SMILES string of the molecule is CC/C(F)=C(\F)c1ccc(C2CCC(c3cc(F)c(CCc4cc(F)c(S(F)(F)(F)(F)F)c(F)c4)c(F)c3)OC2)cc1. The molecule has 0 aliphatic carbocycles. The summed E-state index contributed by atoms with van der Waals surface area (Å²) >= 11 is 0. The van der Waals surface area contributed by atoms with Crippen molar-refractivity contribution in [1.82, 2.24) is 0 Å². The largest absolute Gasteiger partial charge is 0.373 e. The number of hydrogen-bond donors (Lipinski definition) is 0. The average molecular weight is 631 g/mol. The van der Waals surface area contributed by atoms with Crippen LogP contribution in [0.2, 0.25) is 0 Å². The number of benzene rings is 3. The first-order valence-electron chi connectivity index (χ1n) is 12.8. The molecule has 0 N–H and O–H groups in total. The number of allylic oxidation sites excluding steroid dienone is 1. The van der Waals surface area contributed by atoms with Crippen LogP contribution < -0.4 is 0 Å². The van der Waals surface area contributed by atoms with Crippen molar-refractivity contribution in [3.8, 4) is 0 Å². The number of rotatable bonds is 8. The highest BCUT2D eigenvalue weighted by atomic mass is 32.5. The fourth-order valence-electron chi connectivity index (χ4n) is 4.93. The Bertz CT molecular complexity index is 1460. The molecule has 3 aromatic rings. The third-order valence-electron chi connectivity index (χ3n) is 7.10. The van der Waals surface area contributed by atoms with E-state index in [0.29, 0.717) is 12.8 Å². The highest BCUT2D eigenvalue weighted by molar-refractivity contribution is 8.45. The van der Waals surface area contributed by atoms with E-state index in [2.05, 4.69) is 0 Å². The molecule has 3 aromatic carbocycles. The second kappa shape index (κ2) is 10.9. The molecule has 2 atom stereocenters. The highest BCUT2D eigenvalue weighted by Crippen LogP contribution is 3.02. The van der Waals surface area contributed by atoms with E-state index in [1.54, 1.807) is 12.1 Å². The molecular weight excluding hydrogens is 605 g/mol. The zero-order valence-electron chi connectivity index (χ0n) is 22.0. The molecule has 1 nitrogen and oxygen atoms in total. The maximum Gasteiger partial charge on any atom is 0.315 e. The van der Waals surface area contributed by atoms with Crippen molar-refractivity contribution in [2.75, 3.05) is 6.61 Å². The molecule has 13 heteroatoms. The lowest BCUT2D eigenvalue weighted by Gasteiger charge is -2.40. The van der Waals surface area contributed by atoms with Gasteiger partial charge in [0.25, 0.3) is 0 Å². The summed E-state index contributed by atoms with van der Waals surface area (Å²) in [6.45, 7) is 1.68. The fourth-order valence-corrected chi connectivity index (χ4v) is 5.79. The van der Waals surface area contributed by atoms with E-state index < -0.39 is 80.1 Å². The first-order valence-corrected chi connectivity index (χ1v) is 14.8. The lowest BCUT2D eigenvalue weighted by molar-refractivity contribution is 0.00203. The first kappa shape index (κ1) is 31.9. The molecule has 1 fully saturated rings. The van der Waals surface area contributed by atoms with Crippen LogP contribution in [0.3, 0.4) is 0 Å². The summed E-state index contributed by atoms with van der Waals surface area (Å²) in [4.78, 5) is -3.26. The van der Waals surface area contributed by atoms with Crippen LogP contribution in [-0.2, 0) is 17.6 Å². The van der Waals surface area contributed by atoms with Crippen molar-refractivity contribution in [2.45, 2.75) is 55.9 Å². The summed E-state index contributed by atoms with van der Waals surface area (Å²) in [6.07, 6.45) is -0.859. The van der Waals surface area contributed by atoms with Gasteiger partial charge in [-0.25, -0.2) is 26.3 Å². The van der Waals surface area contributed by atoms with Crippen molar-refractivity contribution in [3.63, 3.8) is 0 Å². The van der Waals surface area contributed by atoms with Gasteiger partial charge >= 0.3 is 10.2 Å². The Labute approximate surface area is 234 Å². The third-order valence-corrected chi connectivity index (χ3v) is 8.26. The lowest BCUT2D eigenvalue weighted by Crippen LogP contribution is -2.20. The van der Waals surface area contributed by atoms with Crippen LogP contribution >= 0.6 is 10.2 Å². The summed E-state index contributed by atoms with van der Waals surface area (Å²) in [5, 5.41) is 0. The monoisotopic (exact) mass is 630 g/mol. The van der Waals surface area contributed by atoms with Crippen LogP contribution in [0.15, 0.2) is 59.3 Å². The minimum Gasteiger partial charge on any atom is -0.373 e. The van der Waals surface area contributed by atoms with E-state index in [0.717, 1.165) is 17.7 Å². The van der Waals surface area contributed by atoms with Gasteiger partial charge < -0.3 is 4.74 Å². The van der Waals surface area contributed by atoms with E-state index in [-0.39, 0.29) is 42.2 Å². The minimum absolute atomic E-state index is 0.0665. The Morgan fingerprint density at radius 3 is 1.81 bits per heavy atom. The Balaban J connectivity index is 1.42.